The van der Waals surface area contributed by atoms with Crippen LogP contribution in [0.15, 0.2) is 0 Å². The highest BCUT2D eigenvalue weighted by Crippen LogP contribution is 2.33. The highest BCUT2D eigenvalue weighted by Gasteiger charge is 2.32. The number of rotatable bonds is 4. The predicted molar refractivity (Wildman–Crippen MR) is 65.0 cm³/mol. The predicted octanol–water partition coefficient (Wildman–Crippen LogP) is 2.11. The first kappa shape index (κ1) is 11.4. The van der Waals surface area contributed by atoms with Crippen LogP contribution in [0.4, 0.5) is 0 Å². The third-order valence-electron chi connectivity index (χ3n) is 4.20. The molecule has 0 radical (unpaired) electrons. The van der Waals surface area contributed by atoms with Gasteiger partial charge in [0.15, 0.2) is 0 Å². The first-order chi connectivity index (χ1) is 7.29. The van der Waals surface area contributed by atoms with Crippen molar-refractivity contribution in [2.75, 3.05) is 26.2 Å². The summed E-state index contributed by atoms with van der Waals surface area (Å²) in [6, 6.07) is 0.945. The van der Waals surface area contributed by atoms with Gasteiger partial charge in [-0.05, 0) is 63.7 Å². The van der Waals surface area contributed by atoms with Gasteiger partial charge < -0.3 is 10.2 Å². The van der Waals surface area contributed by atoms with Gasteiger partial charge in [0.1, 0.15) is 0 Å². The smallest absolute Gasteiger partial charge is 0.0100 e. The number of hydrogen-bond acceptors (Lipinski definition) is 2. The van der Waals surface area contributed by atoms with Crippen LogP contribution in [0, 0.1) is 11.8 Å². The van der Waals surface area contributed by atoms with Crippen LogP contribution in [0.5, 0.6) is 0 Å². The van der Waals surface area contributed by atoms with E-state index in [1.54, 1.807) is 0 Å². The fourth-order valence-electron chi connectivity index (χ4n) is 3.03. The minimum Gasteiger partial charge on any atom is -0.317 e. The Balaban J connectivity index is 1.64. The van der Waals surface area contributed by atoms with Crippen molar-refractivity contribution in [2.45, 2.75) is 45.6 Å². The van der Waals surface area contributed by atoms with E-state index in [0.29, 0.717) is 0 Å². The zero-order chi connectivity index (χ0) is 10.7. The van der Waals surface area contributed by atoms with Crippen LogP contribution in [0.3, 0.4) is 0 Å². The maximum absolute atomic E-state index is 3.48. The molecular formula is C13H26N2. The molecule has 0 aromatic carbocycles. The molecule has 2 heteroatoms. The summed E-state index contributed by atoms with van der Waals surface area (Å²) in [5, 5.41) is 3.48. The van der Waals surface area contributed by atoms with Crippen LogP contribution < -0.4 is 5.32 Å². The van der Waals surface area contributed by atoms with Crippen LogP contribution in [0.25, 0.3) is 0 Å². The molecule has 2 rings (SSSR count). The van der Waals surface area contributed by atoms with E-state index in [-0.39, 0.29) is 0 Å². The molecule has 0 aromatic heterocycles. The summed E-state index contributed by atoms with van der Waals surface area (Å²) in [7, 11) is 0. The standard InChI is InChI=1S/C13H26N2/c1-3-14-10-12-4-6-15(7-5-12)13-8-11(2)9-13/h11-14H,3-10H2,1-2H3. The minimum absolute atomic E-state index is 0.943. The Kier molecular flexibility index (Phi) is 4.04. The Morgan fingerprint density at radius 1 is 1.20 bits per heavy atom. The highest BCUT2D eigenvalue weighted by atomic mass is 15.2. The number of likely N-dealkylation sites (tertiary alicyclic amines) is 1. The topological polar surface area (TPSA) is 15.3 Å². The van der Waals surface area contributed by atoms with Gasteiger partial charge in [0, 0.05) is 6.04 Å². The molecule has 0 bridgehead atoms. The lowest BCUT2D eigenvalue weighted by atomic mass is 9.79. The summed E-state index contributed by atoms with van der Waals surface area (Å²) in [4.78, 5) is 2.74. The zero-order valence-corrected chi connectivity index (χ0v) is 10.3. The second kappa shape index (κ2) is 5.31. The molecule has 2 nitrogen and oxygen atoms in total. The molecule has 1 saturated heterocycles. The summed E-state index contributed by atoms with van der Waals surface area (Å²) in [6.45, 7) is 9.66. The fraction of sp³-hybridized carbons (Fsp3) is 1.00. The van der Waals surface area contributed by atoms with Crippen LogP contribution >= 0.6 is 0 Å². The van der Waals surface area contributed by atoms with Crippen molar-refractivity contribution in [1.29, 1.82) is 0 Å². The van der Waals surface area contributed by atoms with E-state index in [9.17, 15) is 0 Å². The Hall–Kier alpha value is -0.0800. The maximum Gasteiger partial charge on any atom is 0.0100 e. The summed E-state index contributed by atoms with van der Waals surface area (Å²) < 4.78 is 0. The lowest BCUT2D eigenvalue weighted by Gasteiger charge is -2.44. The summed E-state index contributed by atoms with van der Waals surface area (Å²) in [6.07, 6.45) is 5.74. The van der Waals surface area contributed by atoms with Gasteiger partial charge in [-0.1, -0.05) is 13.8 Å². The number of nitrogens with zero attached hydrogens (tertiary/aromatic N) is 1. The highest BCUT2D eigenvalue weighted by molar-refractivity contribution is 4.87. The van der Waals surface area contributed by atoms with E-state index in [1.807, 2.05) is 0 Å². The molecule has 0 unspecified atom stereocenters. The molecule has 0 spiro atoms. The van der Waals surface area contributed by atoms with Crippen molar-refractivity contribution < 1.29 is 0 Å². The molecule has 1 aliphatic heterocycles. The average molecular weight is 210 g/mol. The molecular weight excluding hydrogens is 184 g/mol. The molecule has 2 fully saturated rings. The van der Waals surface area contributed by atoms with Crippen molar-refractivity contribution >= 4 is 0 Å². The number of hydrogen-bond donors (Lipinski definition) is 1. The average Bonchev–Trinajstić information content (AvgIpc) is 2.23. The van der Waals surface area contributed by atoms with Gasteiger partial charge in [0.05, 0.1) is 0 Å². The molecule has 1 heterocycles. The van der Waals surface area contributed by atoms with E-state index >= 15 is 0 Å². The van der Waals surface area contributed by atoms with Gasteiger partial charge in [-0.25, -0.2) is 0 Å². The largest absolute Gasteiger partial charge is 0.317 e. The molecule has 0 atom stereocenters. The minimum atomic E-state index is 0.943. The van der Waals surface area contributed by atoms with Gasteiger partial charge in [0.2, 0.25) is 0 Å². The van der Waals surface area contributed by atoms with Crippen molar-refractivity contribution in [3.63, 3.8) is 0 Å². The monoisotopic (exact) mass is 210 g/mol. The number of nitrogens with one attached hydrogen (secondary N) is 1. The van der Waals surface area contributed by atoms with Crippen LogP contribution in [0.1, 0.15) is 39.5 Å². The molecule has 0 amide bonds. The van der Waals surface area contributed by atoms with Gasteiger partial charge in [-0.15, -0.1) is 0 Å². The van der Waals surface area contributed by atoms with Crippen molar-refractivity contribution in [1.82, 2.24) is 10.2 Å². The molecule has 1 saturated carbocycles. The van der Waals surface area contributed by atoms with Gasteiger partial charge in [-0.3, -0.25) is 0 Å². The second-order valence-electron chi connectivity index (χ2n) is 5.52. The third kappa shape index (κ3) is 2.94. The van der Waals surface area contributed by atoms with E-state index in [2.05, 4.69) is 24.1 Å². The Morgan fingerprint density at radius 2 is 1.87 bits per heavy atom. The summed E-state index contributed by atoms with van der Waals surface area (Å²) in [5.41, 5.74) is 0. The third-order valence-corrected chi connectivity index (χ3v) is 4.20. The normalized spacial score (nSPS) is 34.0. The van der Waals surface area contributed by atoms with Crippen LogP contribution in [-0.4, -0.2) is 37.1 Å². The zero-order valence-electron chi connectivity index (χ0n) is 10.3. The lowest BCUT2D eigenvalue weighted by Crippen LogP contribution is -2.48. The van der Waals surface area contributed by atoms with E-state index in [1.165, 1.54) is 45.3 Å². The Morgan fingerprint density at radius 3 is 2.40 bits per heavy atom. The molecule has 15 heavy (non-hydrogen) atoms. The Bertz CT molecular complexity index is 179. The van der Waals surface area contributed by atoms with Crippen molar-refractivity contribution in [3.05, 3.63) is 0 Å². The maximum atomic E-state index is 3.48. The SMILES string of the molecule is CCNCC1CCN(C2CC(C)C2)CC1. The summed E-state index contributed by atoms with van der Waals surface area (Å²) in [5.74, 6) is 1.94. The van der Waals surface area contributed by atoms with E-state index < -0.39 is 0 Å². The molecule has 1 N–H and O–H groups in total. The Labute approximate surface area is 94.4 Å². The molecule has 1 aliphatic carbocycles. The quantitative estimate of drug-likeness (QED) is 0.764. The van der Waals surface area contributed by atoms with Gasteiger partial charge in [0.25, 0.3) is 0 Å². The summed E-state index contributed by atoms with van der Waals surface area (Å²) >= 11 is 0. The van der Waals surface area contributed by atoms with Gasteiger partial charge >= 0.3 is 0 Å². The van der Waals surface area contributed by atoms with Crippen LogP contribution in [0.2, 0.25) is 0 Å². The number of piperidine rings is 1. The first-order valence-electron chi connectivity index (χ1n) is 6.74. The lowest BCUT2D eigenvalue weighted by molar-refractivity contribution is 0.0546. The van der Waals surface area contributed by atoms with E-state index in [4.69, 9.17) is 0 Å². The molecule has 0 aromatic rings. The van der Waals surface area contributed by atoms with Crippen LogP contribution in [-0.2, 0) is 0 Å². The van der Waals surface area contributed by atoms with Gasteiger partial charge in [-0.2, -0.15) is 0 Å². The second-order valence-corrected chi connectivity index (χ2v) is 5.52. The van der Waals surface area contributed by atoms with Crippen molar-refractivity contribution in [3.8, 4) is 0 Å². The first-order valence-corrected chi connectivity index (χ1v) is 6.74. The molecule has 2 aliphatic rings. The van der Waals surface area contributed by atoms with E-state index in [0.717, 1.165) is 24.4 Å². The fourth-order valence-corrected chi connectivity index (χ4v) is 3.03. The van der Waals surface area contributed by atoms with Crippen molar-refractivity contribution in [2.24, 2.45) is 11.8 Å². The molecule has 88 valence electrons.